The largest absolute Gasteiger partial charge is 0.422 e. The number of aromatic amines is 1. The highest BCUT2D eigenvalue weighted by molar-refractivity contribution is 7.80. The number of rotatable bonds is 2. The molecule has 0 saturated heterocycles. The van der Waals surface area contributed by atoms with Gasteiger partial charge in [0.15, 0.2) is 0 Å². The first kappa shape index (κ1) is 10.5. The van der Waals surface area contributed by atoms with Crippen LogP contribution in [0.15, 0.2) is 12.3 Å². The first-order valence-electron chi connectivity index (χ1n) is 3.93. The van der Waals surface area contributed by atoms with Crippen LogP contribution in [-0.4, -0.2) is 28.0 Å². The summed E-state index contributed by atoms with van der Waals surface area (Å²) < 4.78 is 4.58. The molecule has 1 aromatic rings. The molecule has 0 aromatic carbocycles. The number of ether oxygens (including phenoxy) is 1. The van der Waals surface area contributed by atoms with Crippen LogP contribution < -0.4 is 10.6 Å². The number of nitrogens with zero attached hydrogens (tertiary/aromatic N) is 2. The van der Waals surface area contributed by atoms with Crippen molar-refractivity contribution in [3.63, 3.8) is 0 Å². The summed E-state index contributed by atoms with van der Waals surface area (Å²) in [5, 5.41) is 6.05. The molecule has 0 aliphatic rings. The van der Waals surface area contributed by atoms with Crippen LogP contribution in [0.4, 0.5) is 10.6 Å². The second kappa shape index (κ2) is 4.56. The van der Waals surface area contributed by atoms with Crippen LogP contribution in [0.3, 0.4) is 0 Å². The van der Waals surface area contributed by atoms with Gasteiger partial charge in [0, 0.05) is 12.6 Å². The molecule has 7 heteroatoms. The van der Waals surface area contributed by atoms with Crippen LogP contribution in [0.5, 0.6) is 0 Å². The van der Waals surface area contributed by atoms with Crippen LogP contribution in [0.2, 0.25) is 0 Å². The minimum atomic E-state index is -0.621. The second-order valence-corrected chi connectivity index (χ2v) is 2.78. The Morgan fingerprint density at radius 1 is 1.86 bits per heavy atom. The SMILES string of the molecule is CCN(C(=O)OC(N)=S)c1ccn[nH]1. The average molecular weight is 214 g/mol. The van der Waals surface area contributed by atoms with E-state index in [1.165, 1.54) is 11.1 Å². The fraction of sp³-hybridized carbons (Fsp3) is 0.286. The number of aromatic nitrogens is 2. The van der Waals surface area contributed by atoms with Crippen molar-refractivity contribution in [3.8, 4) is 0 Å². The van der Waals surface area contributed by atoms with Crippen molar-refractivity contribution in [2.45, 2.75) is 6.92 Å². The quantitative estimate of drug-likeness (QED) is 0.705. The van der Waals surface area contributed by atoms with Gasteiger partial charge in [-0.2, -0.15) is 5.10 Å². The summed E-state index contributed by atoms with van der Waals surface area (Å²) in [7, 11) is 0. The van der Waals surface area contributed by atoms with E-state index >= 15 is 0 Å². The van der Waals surface area contributed by atoms with Crippen LogP contribution in [0.1, 0.15) is 6.92 Å². The average Bonchev–Trinajstić information content (AvgIpc) is 2.57. The molecule has 1 aromatic heterocycles. The third-order valence-corrected chi connectivity index (χ3v) is 1.58. The number of carbonyl (C=O) groups excluding carboxylic acids is 1. The Bertz CT molecular complexity index is 324. The summed E-state index contributed by atoms with van der Waals surface area (Å²) >= 11 is 4.45. The molecule has 0 unspecified atom stereocenters. The molecular formula is C7H10N4O2S. The highest BCUT2D eigenvalue weighted by Gasteiger charge is 2.17. The molecule has 14 heavy (non-hydrogen) atoms. The Hall–Kier alpha value is -1.63. The van der Waals surface area contributed by atoms with Crippen molar-refractivity contribution >= 4 is 29.3 Å². The lowest BCUT2D eigenvalue weighted by atomic mass is 10.5. The maximum absolute atomic E-state index is 11.4. The molecule has 76 valence electrons. The van der Waals surface area contributed by atoms with Gasteiger partial charge in [0.2, 0.25) is 0 Å². The number of amides is 1. The third kappa shape index (κ3) is 2.43. The predicted molar refractivity (Wildman–Crippen MR) is 54.9 cm³/mol. The molecule has 0 aliphatic carbocycles. The van der Waals surface area contributed by atoms with E-state index in [1.807, 2.05) is 0 Å². The number of carbonyl (C=O) groups is 1. The van der Waals surface area contributed by atoms with Gasteiger partial charge in [-0.1, -0.05) is 0 Å². The molecule has 1 heterocycles. The zero-order valence-electron chi connectivity index (χ0n) is 7.56. The van der Waals surface area contributed by atoms with Crippen molar-refractivity contribution in [1.29, 1.82) is 0 Å². The summed E-state index contributed by atoms with van der Waals surface area (Å²) in [6.45, 7) is 2.23. The molecule has 1 rings (SSSR count). The van der Waals surface area contributed by atoms with E-state index in [-0.39, 0.29) is 5.17 Å². The Morgan fingerprint density at radius 3 is 3.00 bits per heavy atom. The number of hydrogen-bond donors (Lipinski definition) is 2. The van der Waals surface area contributed by atoms with Gasteiger partial charge in [0.1, 0.15) is 5.82 Å². The zero-order valence-corrected chi connectivity index (χ0v) is 8.37. The van der Waals surface area contributed by atoms with Gasteiger partial charge in [-0.25, -0.2) is 4.79 Å². The van der Waals surface area contributed by atoms with E-state index in [0.717, 1.165) is 0 Å². The molecule has 0 saturated carbocycles. The van der Waals surface area contributed by atoms with E-state index in [0.29, 0.717) is 12.4 Å². The lowest BCUT2D eigenvalue weighted by Crippen LogP contribution is -2.34. The maximum atomic E-state index is 11.4. The molecule has 1 amide bonds. The van der Waals surface area contributed by atoms with E-state index in [9.17, 15) is 4.79 Å². The Labute approximate surface area is 86.0 Å². The van der Waals surface area contributed by atoms with Crippen molar-refractivity contribution in [3.05, 3.63) is 12.3 Å². The summed E-state index contributed by atoms with van der Waals surface area (Å²) in [4.78, 5) is 12.7. The molecule has 0 atom stereocenters. The van der Waals surface area contributed by atoms with Gasteiger partial charge in [0.25, 0.3) is 5.17 Å². The molecular weight excluding hydrogens is 204 g/mol. The van der Waals surface area contributed by atoms with Gasteiger partial charge in [-0.15, -0.1) is 0 Å². The number of H-pyrrole nitrogens is 1. The summed E-state index contributed by atoms with van der Waals surface area (Å²) in [5.74, 6) is 0.536. The molecule has 3 N–H and O–H groups in total. The fourth-order valence-corrected chi connectivity index (χ4v) is 1.01. The predicted octanol–water partition coefficient (Wildman–Crippen LogP) is 0.616. The molecule has 0 aliphatic heterocycles. The van der Waals surface area contributed by atoms with Crippen LogP contribution in [0, 0.1) is 0 Å². The highest BCUT2D eigenvalue weighted by atomic mass is 32.1. The molecule has 0 radical (unpaired) electrons. The van der Waals surface area contributed by atoms with Crippen LogP contribution in [0.25, 0.3) is 0 Å². The Morgan fingerprint density at radius 2 is 2.57 bits per heavy atom. The molecule has 6 nitrogen and oxygen atoms in total. The van der Waals surface area contributed by atoms with Gasteiger partial charge >= 0.3 is 6.09 Å². The van der Waals surface area contributed by atoms with E-state index in [4.69, 9.17) is 5.73 Å². The van der Waals surface area contributed by atoms with Gasteiger partial charge in [-0.3, -0.25) is 10.00 Å². The van der Waals surface area contributed by atoms with Gasteiger partial charge < -0.3 is 10.5 Å². The van der Waals surface area contributed by atoms with Crippen molar-refractivity contribution in [2.24, 2.45) is 5.73 Å². The monoisotopic (exact) mass is 214 g/mol. The molecule has 0 spiro atoms. The first-order chi connectivity index (χ1) is 6.65. The summed E-state index contributed by atoms with van der Waals surface area (Å²) in [5.41, 5.74) is 5.08. The third-order valence-electron chi connectivity index (χ3n) is 1.50. The first-order valence-corrected chi connectivity index (χ1v) is 4.34. The topological polar surface area (TPSA) is 84.2 Å². The number of nitrogens with two attached hydrogens (primary N) is 1. The normalized spacial score (nSPS) is 9.50. The van der Waals surface area contributed by atoms with E-state index < -0.39 is 6.09 Å². The minimum absolute atomic E-state index is 0.298. The smallest absolute Gasteiger partial charge is 0.383 e. The van der Waals surface area contributed by atoms with Crippen LogP contribution in [-0.2, 0) is 4.74 Å². The summed E-state index contributed by atoms with van der Waals surface area (Å²) in [6.07, 6.45) is 0.913. The minimum Gasteiger partial charge on any atom is -0.383 e. The number of nitrogens with one attached hydrogen (secondary N) is 1. The van der Waals surface area contributed by atoms with Gasteiger partial charge in [0.05, 0.1) is 6.20 Å². The molecule has 0 bridgehead atoms. The van der Waals surface area contributed by atoms with E-state index in [2.05, 4.69) is 27.2 Å². The standard InChI is InChI=1S/C7H10N4O2S/c1-2-11(5-3-4-9-10-5)7(12)13-6(8)14/h3-4H,2H2,1H3,(H2,8,14)(H,9,10). The zero-order chi connectivity index (χ0) is 10.6. The number of thiocarbonyl (C=S) groups is 1. The molecule has 0 fully saturated rings. The van der Waals surface area contributed by atoms with Gasteiger partial charge in [-0.05, 0) is 19.1 Å². The fourth-order valence-electron chi connectivity index (χ4n) is 0.938. The maximum Gasteiger partial charge on any atom is 0.422 e. The van der Waals surface area contributed by atoms with Crippen molar-refractivity contribution in [1.82, 2.24) is 10.2 Å². The Balaban J connectivity index is 2.72. The van der Waals surface area contributed by atoms with E-state index in [1.54, 1.807) is 13.0 Å². The van der Waals surface area contributed by atoms with Crippen LogP contribution >= 0.6 is 12.2 Å². The number of anilines is 1. The van der Waals surface area contributed by atoms with Crippen molar-refractivity contribution < 1.29 is 9.53 Å². The summed E-state index contributed by atoms with van der Waals surface area (Å²) in [6, 6.07) is 1.64. The van der Waals surface area contributed by atoms with Crippen molar-refractivity contribution in [2.75, 3.05) is 11.4 Å². The highest BCUT2D eigenvalue weighted by Crippen LogP contribution is 2.09. The lowest BCUT2D eigenvalue weighted by Gasteiger charge is -2.16. The number of hydrogen-bond acceptors (Lipinski definition) is 4. The lowest BCUT2D eigenvalue weighted by molar-refractivity contribution is 0.205. The second-order valence-electron chi connectivity index (χ2n) is 2.37. The Kier molecular flexibility index (Phi) is 3.41.